The van der Waals surface area contributed by atoms with Crippen molar-refractivity contribution in [3.05, 3.63) is 11.9 Å². The minimum absolute atomic E-state index is 0.0331. The highest BCUT2D eigenvalue weighted by molar-refractivity contribution is 5.50. The van der Waals surface area contributed by atoms with Gasteiger partial charge in [0.1, 0.15) is 17.5 Å². The lowest BCUT2D eigenvalue weighted by atomic mass is 10.2. The van der Waals surface area contributed by atoms with Gasteiger partial charge in [0.25, 0.3) is 0 Å². The average Bonchev–Trinajstić information content (AvgIpc) is 2.47. The minimum atomic E-state index is -0.152. The largest absolute Gasteiger partial charge is 0.394 e. The van der Waals surface area contributed by atoms with E-state index in [-0.39, 0.29) is 24.7 Å². The number of ether oxygens (including phenoxy) is 1. The molecule has 0 aromatic carbocycles. The zero-order valence-corrected chi connectivity index (χ0v) is 13.3. The van der Waals surface area contributed by atoms with Gasteiger partial charge >= 0.3 is 0 Å². The Morgan fingerprint density at radius 1 is 1.48 bits per heavy atom. The highest BCUT2D eigenvalue weighted by Crippen LogP contribution is 2.24. The van der Waals surface area contributed by atoms with E-state index < -0.39 is 0 Å². The summed E-state index contributed by atoms with van der Waals surface area (Å²) in [6, 6.07) is 2.21. The van der Waals surface area contributed by atoms with Crippen molar-refractivity contribution in [3.8, 4) is 0 Å². The fourth-order valence-electron chi connectivity index (χ4n) is 2.38. The number of morpholine rings is 1. The first kappa shape index (κ1) is 16.0. The molecule has 21 heavy (non-hydrogen) atoms. The third kappa shape index (κ3) is 3.83. The minimum Gasteiger partial charge on any atom is -0.394 e. The maximum absolute atomic E-state index is 9.33. The van der Waals surface area contributed by atoms with Crippen molar-refractivity contribution < 1.29 is 9.84 Å². The zero-order valence-electron chi connectivity index (χ0n) is 13.3. The Morgan fingerprint density at radius 2 is 2.24 bits per heavy atom. The molecule has 0 radical (unpaired) electrons. The summed E-state index contributed by atoms with van der Waals surface area (Å²) in [6.07, 6.45) is -0.152. The van der Waals surface area contributed by atoms with Gasteiger partial charge < -0.3 is 20.1 Å². The molecule has 0 aliphatic carbocycles. The predicted molar refractivity (Wildman–Crippen MR) is 83.9 cm³/mol. The highest BCUT2D eigenvalue weighted by atomic mass is 16.5. The van der Waals surface area contributed by atoms with E-state index in [1.165, 1.54) is 0 Å². The molecule has 2 N–H and O–H groups in total. The number of rotatable bonds is 5. The van der Waals surface area contributed by atoms with E-state index in [4.69, 9.17) is 9.72 Å². The number of aromatic nitrogens is 2. The quantitative estimate of drug-likeness (QED) is 0.860. The third-order valence-corrected chi connectivity index (χ3v) is 3.61. The van der Waals surface area contributed by atoms with Crippen LogP contribution in [-0.2, 0) is 4.74 Å². The second-order valence-electron chi connectivity index (χ2n) is 5.79. The van der Waals surface area contributed by atoms with Gasteiger partial charge in [0.05, 0.1) is 25.4 Å². The number of hydrogen-bond acceptors (Lipinski definition) is 6. The second kappa shape index (κ2) is 7.04. The molecule has 1 aliphatic heterocycles. The number of anilines is 2. The van der Waals surface area contributed by atoms with E-state index in [1.807, 2.05) is 6.07 Å². The van der Waals surface area contributed by atoms with Gasteiger partial charge in [-0.1, -0.05) is 13.8 Å². The van der Waals surface area contributed by atoms with Crippen molar-refractivity contribution >= 4 is 11.6 Å². The molecular formula is C15H26N4O2. The lowest BCUT2D eigenvalue weighted by molar-refractivity contribution is -0.0105. The molecule has 2 unspecified atom stereocenters. The average molecular weight is 294 g/mol. The van der Waals surface area contributed by atoms with Crippen LogP contribution in [-0.4, -0.2) is 53.5 Å². The Labute approximate surface area is 126 Å². The zero-order chi connectivity index (χ0) is 15.4. The summed E-state index contributed by atoms with van der Waals surface area (Å²) in [5, 5.41) is 12.6. The van der Waals surface area contributed by atoms with Gasteiger partial charge in [-0.2, -0.15) is 0 Å². The topological polar surface area (TPSA) is 70.5 Å². The van der Waals surface area contributed by atoms with Crippen LogP contribution in [0.15, 0.2) is 6.07 Å². The lowest BCUT2D eigenvalue weighted by Crippen LogP contribution is -2.50. The Balaban J connectivity index is 2.31. The molecule has 2 atom stereocenters. The van der Waals surface area contributed by atoms with Crippen LogP contribution in [0.2, 0.25) is 0 Å². The first-order valence-electron chi connectivity index (χ1n) is 7.67. The molecule has 1 aliphatic rings. The van der Waals surface area contributed by atoms with Crippen LogP contribution in [0.4, 0.5) is 11.6 Å². The third-order valence-electron chi connectivity index (χ3n) is 3.61. The molecule has 1 aromatic rings. The molecule has 0 saturated carbocycles. The summed E-state index contributed by atoms with van der Waals surface area (Å²) in [5.74, 6) is 2.86. The molecule has 0 amide bonds. The van der Waals surface area contributed by atoms with E-state index >= 15 is 0 Å². The molecule has 1 fully saturated rings. The van der Waals surface area contributed by atoms with Gasteiger partial charge in [-0.15, -0.1) is 0 Å². The standard InChI is InChI=1S/C15H26N4O2/c1-5-16-13-6-14(18-15(17-13)10(2)3)19-7-12(8-20)21-9-11(19)4/h6,10-12,20H,5,7-9H2,1-4H3,(H,16,17,18). The van der Waals surface area contributed by atoms with Gasteiger partial charge in [-0.3, -0.25) is 0 Å². The van der Waals surface area contributed by atoms with Crippen molar-refractivity contribution in [1.29, 1.82) is 0 Å². The molecule has 0 spiro atoms. The van der Waals surface area contributed by atoms with Gasteiger partial charge in [0, 0.05) is 25.1 Å². The molecule has 0 bridgehead atoms. The highest BCUT2D eigenvalue weighted by Gasteiger charge is 2.27. The molecule has 118 valence electrons. The van der Waals surface area contributed by atoms with Gasteiger partial charge in [0.15, 0.2) is 0 Å². The molecule has 6 heteroatoms. The van der Waals surface area contributed by atoms with Gasteiger partial charge in [0.2, 0.25) is 0 Å². The first-order valence-corrected chi connectivity index (χ1v) is 7.67. The van der Waals surface area contributed by atoms with E-state index in [1.54, 1.807) is 0 Å². The van der Waals surface area contributed by atoms with Crippen molar-refractivity contribution in [1.82, 2.24) is 9.97 Å². The monoisotopic (exact) mass is 294 g/mol. The van der Waals surface area contributed by atoms with Crippen LogP contribution in [0.3, 0.4) is 0 Å². The number of aliphatic hydroxyl groups is 1. The summed E-state index contributed by atoms with van der Waals surface area (Å²) in [5.41, 5.74) is 0. The van der Waals surface area contributed by atoms with Gasteiger partial charge in [-0.05, 0) is 13.8 Å². The van der Waals surface area contributed by atoms with Crippen molar-refractivity contribution in [2.75, 3.05) is 36.5 Å². The Kier molecular flexibility index (Phi) is 5.36. The molecule has 1 saturated heterocycles. The van der Waals surface area contributed by atoms with Crippen LogP contribution in [0.1, 0.15) is 39.4 Å². The Morgan fingerprint density at radius 3 is 2.86 bits per heavy atom. The van der Waals surface area contributed by atoms with Gasteiger partial charge in [-0.25, -0.2) is 9.97 Å². The van der Waals surface area contributed by atoms with Crippen molar-refractivity contribution in [2.24, 2.45) is 0 Å². The van der Waals surface area contributed by atoms with E-state index in [0.717, 1.165) is 24.0 Å². The predicted octanol–water partition coefficient (Wildman–Crippen LogP) is 1.62. The first-order chi connectivity index (χ1) is 10.0. The van der Waals surface area contributed by atoms with E-state index in [2.05, 4.69) is 42.9 Å². The lowest BCUT2D eigenvalue weighted by Gasteiger charge is -2.38. The maximum Gasteiger partial charge on any atom is 0.135 e. The smallest absolute Gasteiger partial charge is 0.135 e. The molecule has 6 nitrogen and oxygen atoms in total. The summed E-state index contributed by atoms with van der Waals surface area (Å²) < 4.78 is 5.60. The molecule has 2 rings (SSSR count). The SMILES string of the molecule is CCNc1cc(N2CC(CO)OCC2C)nc(C(C)C)n1. The second-order valence-corrected chi connectivity index (χ2v) is 5.79. The maximum atomic E-state index is 9.33. The van der Waals surface area contributed by atoms with Crippen LogP contribution < -0.4 is 10.2 Å². The molecular weight excluding hydrogens is 268 g/mol. The number of hydrogen-bond donors (Lipinski definition) is 2. The van der Waals surface area contributed by atoms with Crippen LogP contribution in [0, 0.1) is 0 Å². The van der Waals surface area contributed by atoms with Crippen molar-refractivity contribution in [2.45, 2.75) is 45.8 Å². The van der Waals surface area contributed by atoms with E-state index in [0.29, 0.717) is 13.2 Å². The number of nitrogens with zero attached hydrogens (tertiary/aromatic N) is 3. The summed E-state index contributed by atoms with van der Waals surface area (Å²) in [6.45, 7) is 10.5. The summed E-state index contributed by atoms with van der Waals surface area (Å²) in [4.78, 5) is 11.4. The molecule has 1 aromatic heterocycles. The Hall–Kier alpha value is -1.40. The van der Waals surface area contributed by atoms with Crippen LogP contribution >= 0.6 is 0 Å². The number of nitrogens with one attached hydrogen (secondary N) is 1. The van der Waals surface area contributed by atoms with E-state index in [9.17, 15) is 5.11 Å². The molecule has 2 heterocycles. The van der Waals surface area contributed by atoms with Crippen LogP contribution in [0.5, 0.6) is 0 Å². The fourth-order valence-corrected chi connectivity index (χ4v) is 2.38. The summed E-state index contributed by atoms with van der Waals surface area (Å²) in [7, 11) is 0. The van der Waals surface area contributed by atoms with Crippen molar-refractivity contribution in [3.63, 3.8) is 0 Å². The Bertz CT molecular complexity index is 467. The normalized spacial score (nSPS) is 22.7. The van der Waals surface area contributed by atoms with Crippen LogP contribution in [0.25, 0.3) is 0 Å². The number of aliphatic hydroxyl groups excluding tert-OH is 1. The fraction of sp³-hybridized carbons (Fsp3) is 0.733. The summed E-state index contributed by atoms with van der Waals surface area (Å²) >= 11 is 0.